The maximum Gasteiger partial charge on any atom is 0.137 e. The summed E-state index contributed by atoms with van der Waals surface area (Å²) >= 11 is 0. The van der Waals surface area contributed by atoms with E-state index in [1.807, 2.05) is 40.1 Å². The number of hydrogen-bond donors (Lipinski definition) is 0. The molecule has 1 fully saturated rings. The van der Waals surface area contributed by atoms with Gasteiger partial charge in [-0.05, 0) is 35.7 Å². The van der Waals surface area contributed by atoms with E-state index in [4.69, 9.17) is 4.84 Å². The highest BCUT2D eigenvalue weighted by molar-refractivity contribution is 5.49. The van der Waals surface area contributed by atoms with Gasteiger partial charge in [-0.1, -0.05) is 84.4 Å². The van der Waals surface area contributed by atoms with Crippen LogP contribution >= 0.6 is 0 Å². The summed E-state index contributed by atoms with van der Waals surface area (Å²) in [6.45, 7) is 3.19. The first-order valence-corrected chi connectivity index (χ1v) is 11.4. The third kappa shape index (κ3) is 4.83. The molecule has 0 amide bonds. The van der Waals surface area contributed by atoms with Crippen LogP contribution in [0.5, 0.6) is 0 Å². The molecule has 0 spiro atoms. The molecule has 0 bridgehead atoms. The zero-order valence-electron chi connectivity index (χ0n) is 19.1. The summed E-state index contributed by atoms with van der Waals surface area (Å²) in [4.78, 5) is 10.7. The van der Waals surface area contributed by atoms with Crippen LogP contribution in [-0.2, 0) is 23.5 Å². The molecule has 0 saturated carbocycles. The summed E-state index contributed by atoms with van der Waals surface area (Å²) in [7, 11) is 0. The SMILES string of the molecule is Cc1ccc(CN2OC(/C=C/c3ccccc3)CC2(Cn2cncn2)c2ccc(F)cc2)cc1. The Bertz CT molecular complexity index is 1220. The van der Waals surface area contributed by atoms with Gasteiger partial charge >= 0.3 is 0 Å². The molecule has 3 aromatic carbocycles. The Morgan fingerprint density at radius 3 is 2.50 bits per heavy atom. The lowest BCUT2D eigenvalue weighted by Crippen LogP contribution is -2.43. The van der Waals surface area contributed by atoms with Gasteiger partial charge < -0.3 is 0 Å². The van der Waals surface area contributed by atoms with E-state index in [-0.39, 0.29) is 11.9 Å². The number of rotatable bonds is 7. The summed E-state index contributed by atoms with van der Waals surface area (Å²) < 4.78 is 15.7. The number of hydrogen-bond acceptors (Lipinski definition) is 4. The topological polar surface area (TPSA) is 43.2 Å². The van der Waals surface area contributed by atoms with Crippen molar-refractivity contribution in [2.45, 2.75) is 38.1 Å². The monoisotopic (exact) mass is 454 g/mol. The van der Waals surface area contributed by atoms with Gasteiger partial charge in [0.1, 0.15) is 18.5 Å². The lowest BCUT2D eigenvalue weighted by molar-refractivity contribution is -0.193. The second-order valence-corrected chi connectivity index (χ2v) is 8.77. The quantitative estimate of drug-likeness (QED) is 0.368. The molecule has 1 aliphatic heterocycles. The Kier molecular flexibility index (Phi) is 6.34. The van der Waals surface area contributed by atoms with Gasteiger partial charge in [0.2, 0.25) is 0 Å². The molecule has 1 aromatic heterocycles. The number of aromatic nitrogens is 3. The van der Waals surface area contributed by atoms with E-state index in [1.165, 1.54) is 24.0 Å². The molecule has 0 aliphatic carbocycles. The summed E-state index contributed by atoms with van der Waals surface area (Å²) in [5.41, 5.74) is 3.89. The smallest absolute Gasteiger partial charge is 0.137 e. The van der Waals surface area contributed by atoms with Crippen molar-refractivity contribution in [3.05, 3.63) is 126 Å². The molecular formula is C28H27FN4O. The van der Waals surface area contributed by atoms with Crippen molar-refractivity contribution < 1.29 is 9.23 Å². The van der Waals surface area contributed by atoms with Crippen LogP contribution < -0.4 is 0 Å². The molecular weight excluding hydrogens is 427 g/mol. The number of nitrogens with zero attached hydrogens (tertiary/aromatic N) is 4. The molecule has 1 saturated heterocycles. The van der Waals surface area contributed by atoms with E-state index in [2.05, 4.69) is 65.6 Å². The molecule has 0 N–H and O–H groups in total. The molecule has 6 heteroatoms. The van der Waals surface area contributed by atoms with Gasteiger partial charge in [-0.25, -0.2) is 9.37 Å². The lowest BCUT2D eigenvalue weighted by Gasteiger charge is -2.36. The van der Waals surface area contributed by atoms with E-state index in [1.54, 1.807) is 6.33 Å². The molecule has 172 valence electrons. The fraction of sp³-hybridized carbons (Fsp3) is 0.214. The molecule has 4 aromatic rings. The minimum atomic E-state index is -0.558. The van der Waals surface area contributed by atoms with Crippen molar-refractivity contribution in [2.24, 2.45) is 0 Å². The summed E-state index contributed by atoms with van der Waals surface area (Å²) in [6.07, 6.45) is 7.97. The highest BCUT2D eigenvalue weighted by Crippen LogP contribution is 2.43. The lowest BCUT2D eigenvalue weighted by atomic mass is 9.84. The molecule has 2 atom stereocenters. The van der Waals surface area contributed by atoms with Crippen molar-refractivity contribution >= 4 is 6.08 Å². The molecule has 0 radical (unpaired) electrons. The molecule has 34 heavy (non-hydrogen) atoms. The third-order valence-electron chi connectivity index (χ3n) is 6.30. The van der Waals surface area contributed by atoms with Gasteiger partial charge in [-0.2, -0.15) is 10.2 Å². The fourth-order valence-electron chi connectivity index (χ4n) is 4.51. The fourth-order valence-corrected chi connectivity index (χ4v) is 4.51. The molecule has 2 unspecified atom stereocenters. The van der Waals surface area contributed by atoms with Crippen LogP contribution in [0.3, 0.4) is 0 Å². The Hall–Kier alpha value is -3.61. The number of aryl methyl sites for hydroxylation is 1. The van der Waals surface area contributed by atoms with Crippen molar-refractivity contribution in [1.29, 1.82) is 0 Å². The Morgan fingerprint density at radius 1 is 1.03 bits per heavy atom. The predicted octanol–water partition coefficient (Wildman–Crippen LogP) is 5.54. The van der Waals surface area contributed by atoms with E-state index >= 15 is 0 Å². The van der Waals surface area contributed by atoms with E-state index in [9.17, 15) is 4.39 Å². The minimum absolute atomic E-state index is 0.153. The number of benzene rings is 3. The van der Waals surface area contributed by atoms with Crippen molar-refractivity contribution in [2.75, 3.05) is 0 Å². The highest BCUT2D eigenvalue weighted by Gasteiger charge is 2.48. The van der Waals surface area contributed by atoms with Gasteiger partial charge in [-0.15, -0.1) is 0 Å². The minimum Gasteiger partial charge on any atom is -0.290 e. The van der Waals surface area contributed by atoms with Crippen LogP contribution in [0.25, 0.3) is 6.08 Å². The van der Waals surface area contributed by atoms with Crippen LogP contribution in [0, 0.1) is 12.7 Å². The maximum atomic E-state index is 13.9. The second kappa shape index (κ2) is 9.71. The van der Waals surface area contributed by atoms with Gasteiger partial charge in [0.15, 0.2) is 0 Å². The van der Waals surface area contributed by atoms with E-state index in [0.29, 0.717) is 19.5 Å². The molecule has 5 nitrogen and oxygen atoms in total. The summed E-state index contributed by atoms with van der Waals surface area (Å²) in [6, 6.07) is 25.4. The zero-order valence-corrected chi connectivity index (χ0v) is 19.1. The van der Waals surface area contributed by atoms with Crippen LogP contribution in [0.4, 0.5) is 4.39 Å². The van der Waals surface area contributed by atoms with E-state index in [0.717, 1.165) is 16.7 Å². The van der Waals surface area contributed by atoms with Gasteiger partial charge in [0, 0.05) is 6.42 Å². The Morgan fingerprint density at radius 2 is 1.79 bits per heavy atom. The number of halogens is 1. The van der Waals surface area contributed by atoms with Gasteiger partial charge in [-0.3, -0.25) is 9.52 Å². The molecule has 1 aliphatic rings. The zero-order chi connectivity index (χ0) is 23.4. The maximum absolute atomic E-state index is 13.9. The standard InChI is InChI=1S/C28H27FN4O/c1-22-7-9-24(10-8-22)18-33-28(19-32-21-30-20-31-32,25-12-14-26(29)15-13-25)17-27(34-33)16-11-23-5-3-2-4-6-23/h2-16,20-21,27H,17-19H2,1H3/b16-11+. The highest BCUT2D eigenvalue weighted by atomic mass is 19.1. The second-order valence-electron chi connectivity index (χ2n) is 8.77. The van der Waals surface area contributed by atoms with Crippen LogP contribution in [0.15, 0.2) is 97.6 Å². The summed E-state index contributed by atoms with van der Waals surface area (Å²) in [5, 5.41) is 6.41. The van der Waals surface area contributed by atoms with Crippen LogP contribution in [-0.4, -0.2) is 25.9 Å². The first-order chi connectivity index (χ1) is 16.6. The first-order valence-electron chi connectivity index (χ1n) is 11.4. The van der Waals surface area contributed by atoms with Crippen molar-refractivity contribution in [1.82, 2.24) is 19.8 Å². The Balaban J connectivity index is 1.53. The average molecular weight is 455 g/mol. The van der Waals surface area contributed by atoms with Crippen LogP contribution in [0.2, 0.25) is 0 Å². The van der Waals surface area contributed by atoms with Crippen LogP contribution in [0.1, 0.15) is 28.7 Å². The van der Waals surface area contributed by atoms with Crippen molar-refractivity contribution in [3.8, 4) is 0 Å². The molecule has 5 rings (SSSR count). The molecule has 2 heterocycles. The van der Waals surface area contributed by atoms with E-state index < -0.39 is 5.54 Å². The van der Waals surface area contributed by atoms with Gasteiger partial charge in [0.25, 0.3) is 0 Å². The Labute approximate surface area is 199 Å². The normalized spacial score (nSPS) is 20.8. The largest absolute Gasteiger partial charge is 0.290 e. The predicted molar refractivity (Wildman–Crippen MR) is 130 cm³/mol. The first kappa shape index (κ1) is 22.2. The summed E-state index contributed by atoms with van der Waals surface area (Å²) in [5.74, 6) is -0.260. The van der Waals surface area contributed by atoms with Gasteiger partial charge in [0.05, 0.1) is 24.7 Å². The average Bonchev–Trinajstić information content (AvgIpc) is 3.49. The van der Waals surface area contributed by atoms with Crippen molar-refractivity contribution in [3.63, 3.8) is 0 Å². The number of hydroxylamine groups is 2. The third-order valence-corrected chi connectivity index (χ3v) is 6.30.